The molecule has 0 unspecified atom stereocenters. The number of carbonyl (C=O) groups excluding carboxylic acids is 1. The summed E-state index contributed by atoms with van der Waals surface area (Å²) in [6.45, 7) is -0.193. The minimum Gasteiger partial charge on any atom is -0.492 e. The van der Waals surface area contributed by atoms with E-state index in [-0.39, 0.29) is 22.9 Å². The molecule has 36 heavy (non-hydrogen) atoms. The number of nitrogens with zero attached hydrogens (tertiary/aromatic N) is 2. The van der Waals surface area contributed by atoms with Crippen molar-refractivity contribution in [3.8, 4) is 5.75 Å². The third-order valence-electron chi connectivity index (χ3n) is 5.03. The lowest BCUT2D eigenvalue weighted by molar-refractivity contribution is -0.119. The zero-order valence-electron chi connectivity index (χ0n) is 19.7. The zero-order chi connectivity index (χ0) is 26.3. The van der Waals surface area contributed by atoms with Crippen molar-refractivity contribution in [1.29, 1.82) is 0 Å². The van der Waals surface area contributed by atoms with Gasteiger partial charge in [0.1, 0.15) is 18.9 Å². The number of carbonyl (C=O) groups is 1. The summed E-state index contributed by atoms with van der Waals surface area (Å²) in [7, 11) is -4.62. The molecule has 3 rings (SSSR count). The standard InChI is InChI=1S/C24H26BrN3O6S2/c1-27(2)35(30,31)23-14-12-21(13-15-23)34-17-16-26-24(29)18-28(20-10-8-19(25)9-11-20)36(32,33)22-6-4-3-5-7-22/h3-15H,16-18H2,1-2H3,(H,26,29). The minimum absolute atomic E-state index is 0.0729. The Kier molecular flexibility index (Phi) is 9.12. The molecule has 0 saturated heterocycles. The van der Waals surface area contributed by atoms with Crippen molar-refractivity contribution in [2.75, 3.05) is 38.1 Å². The molecule has 0 heterocycles. The van der Waals surface area contributed by atoms with E-state index in [0.717, 1.165) is 13.1 Å². The number of sulfonamides is 2. The molecule has 3 aromatic rings. The normalized spacial score (nSPS) is 11.8. The third-order valence-corrected chi connectivity index (χ3v) is 9.17. The molecule has 1 amide bonds. The molecule has 0 aromatic heterocycles. The highest BCUT2D eigenvalue weighted by atomic mass is 79.9. The maximum Gasteiger partial charge on any atom is 0.264 e. The molecule has 0 atom stereocenters. The highest BCUT2D eigenvalue weighted by Gasteiger charge is 2.27. The summed E-state index contributed by atoms with van der Waals surface area (Å²) in [5.74, 6) is -0.0708. The van der Waals surface area contributed by atoms with Crippen molar-refractivity contribution in [1.82, 2.24) is 9.62 Å². The van der Waals surface area contributed by atoms with Gasteiger partial charge in [-0.2, -0.15) is 0 Å². The van der Waals surface area contributed by atoms with E-state index in [2.05, 4.69) is 21.2 Å². The Morgan fingerprint density at radius 1 is 0.833 bits per heavy atom. The van der Waals surface area contributed by atoms with Gasteiger partial charge in [0.15, 0.2) is 0 Å². The first-order valence-electron chi connectivity index (χ1n) is 10.8. The number of halogens is 1. The molecule has 0 aliphatic heterocycles. The minimum atomic E-state index is -3.98. The summed E-state index contributed by atoms with van der Waals surface area (Å²) in [6, 6.07) is 20.4. The average Bonchev–Trinajstić information content (AvgIpc) is 2.86. The van der Waals surface area contributed by atoms with Gasteiger partial charge in [0, 0.05) is 18.6 Å². The van der Waals surface area contributed by atoms with Gasteiger partial charge in [-0.1, -0.05) is 34.1 Å². The quantitative estimate of drug-likeness (QED) is 0.341. The Balaban J connectivity index is 1.62. The number of anilines is 1. The van der Waals surface area contributed by atoms with E-state index < -0.39 is 32.5 Å². The molecule has 1 N–H and O–H groups in total. The van der Waals surface area contributed by atoms with Crippen LogP contribution in [0.3, 0.4) is 0 Å². The van der Waals surface area contributed by atoms with Gasteiger partial charge in [-0.15, -0.1) is 0 Å². The topological polar surface area (TPSA) is 113 Å². The van der Waals surface area contributed by atoms with E-state index in [1.807, 2.05) is 0 Å². The van der Waals surface area contributed by atoms with Crippen LogP contribution in [0.4, 0.5) is 5.69 Å². The second-order valence-corrected chi connectivity index (χ2v) is 12.7. The molecule has 0 aliphatic rings. The molecule has 0 aliphatic carbocycles. The Morgan fingerprint density at radius 3 is 2.00 bits per heavy atom. The fourth-order valence-electron chi connectivity index (χ4n) is 3.11. The van der Waals surface area contributed by atoms with Gasteiger partial charge in [0.05, 0.1) is 22.0 Å². The Morgan fingerprint density at radius 2 is 1.42 bits per heavy atom. The number of hydrogen-bond donors (Lipinski definition) is 1. The molecular formula is C24H26BrN3O6S2. The zero-order valence-corrected chi connectivity index (χ0v) is 22.9. The van der Waals surface area contributed by atoms with Crippen molar-refractivity contribution in [3.05, 3.63) is 83.3 Å². The van der Waals surface area contributed by atoms with E-state index >= 15 is 0 Å². The monoisotopic (exact) mass is 595 g/mol. The van der Waals surface area contributed by atoms with Crippen molar-refractivity contribution in [2.24, 2.45) is 0 Å². The Bertz CT molecular complexity index is 1380. The van der Waals surface area contributed by atoms with Gasteiger partial charge in [-0.25, -0.2) is 21.1 Å². The van der Waals surface area contributed by atoms with Crippen LogP contribution in [0.15, 0.2) is 93.1 Å². The van der Waals surface area contributed by atoms with Crippen LogP contribution in [-0.4, -0.2) is 60.8 Å². The van der Waals surface area contributed by atoms with Gasteiger partial charge in [-0.3, -0.25) is 9.10 Å². The number of benzene rings is 3. The largest absolute Gasteiger partial charge is 0.492 e. The van der Waals surface area contributed by atoms with E-state index in [9.17, 15) is 21.6 Å². The molecule has 0 spiro atoms. The molecule has 12 heteroatoms. The SMILES string of the molecule is CN(C)S(=O)(=O)c1ccc(OCCNC(=O)CN(c2ccc(Br)cc2)S(=O)(=O)c2ccccc2)cc1. The maximum absolute atomic E-state index is 13.3. The summed E-state index contributed by atoms with van der Waals surface area (Å²) in [6.07, 6.45) is 0. The highest BCUT2D eigenvalue weighted by Crippen LogP contribution is 2.25. The molecule has 0 saturated carbocycles. The number of rotatable bonds is 11. The second-order valence-electron chi connectivity index (χ2n) is 7.76. The van der Waals surface area contributed by atoms with E-state index in [1.54, 1.807) is 42.5 Å². The van der Waals surface area contributed by atoms with E-state index in [4.69, 9.17) is 4.74 Å². The fourth-order valence-corrected chi connectivity index (χ4v) is 5.71. The summed E-state index contributed by atoms with van der Waals surface area (Å²) < 4.78 is 59.3. The maximum atomic E-state index is 13.3. The van der Waals surface area contributed by atoms with Crippen LogP contribution < -0.4 is 14.4 Å². The molecule has 0 fully saturated rings. The van der Waals surface area contributed by atoms with Gasteiger partial charge in [0.25, 0.3) is 10.0 Å². The molecule has 0 bridgehead atoms. The predicted molar refractivity (Wildman–Crippen MR) is 141 cm³/mol. The van der Waals surface area contributed by atoms with Crippen LogP contribution in [0, 0.1) is 0 Å². The van der Waals surface area contributed by atoms with Crippen LogP contribution in [0.25, 0.3) is 0 Å². The summed E-state index contributed by atoms with van der Waals surface area (Å²) in [5, 5.41) is 2.66. The molecule has 192 valence electrons. The molecule has 0 radical (unpaired) electrons. The first-order valence-corrected chi connectivity index (χ1v) is 14.4. The lowest BCUT2D eigenvalue weighted by Gasteiger charge is -2.24. The first kappa shape index (κ1) is 27.7. The van der Waals surface area contributed by atoms with Crippen molar-refractivity contribution < 1.29 is 26.4 Å². The number of amides is 1. The Labute approximate surface area is 219 Å². The van der Waals surface area contributed by atoms with E-state index in [0.29, 0.717) is 11.4 Å². The number of nitrogens with one attached hydrogen (secondary N) is 1. The van der Waals surface area contributed by atoms with Crippen LogP contribution >= 0.6 is 15.9 Å². The number of hydrogen-bond acceptors (Lipinski definition) is 6. The Hall–Kier alpha value is -2.93. The predicted octanol–water partition coefficient (Wildman–Crippen LogP) is 3.09. The van der Waals surface area contributed by atoms with Crippen molar-refractivity contribution in [2.45, 2.75) is 9.79 Å². The summed E-state index contributed by atoms with van der Waals surface area (Å²) in [4.78, 5) is 12.9. The van der Waals surface area contributed by atoms with Crippen LogP contribution in [0.5, 0.6) is 5.75 Å². The van der Waals surface area contributed by atoms with Gasteiger partial charge >= 0.3 is 0 Å². The van der Waals surface area contributed by atoms with Crippen LogP contribution in [-0.2, 0) is 24.8 Å². The fraction of sp³-hybridized carbons (Fsp3) is 0.208. The van der Waals surface area contributed by atoms with Crippen molar-refractivity contribution in [3.63, 3.8) is 0 Å². The third kappa shape index (κ3) is 6.84. The number of ether oxygens (including phenoxy) is 1. The van der Waals surface area contributed by atoms with Crippen LogP contribution in [0.2, 0.25) is 0 Å². The lowest BCUT2D eigenvalue weighted by Crippen LogP contribution is -2.41. The molecule has 3 aromatic carbocycles. The average molecular weight is 597 g/mol. The van der Waals surface area contributed by atoms with E-state index in [1.165, 1.54) is 50.5 Å². The molecular weight excluding hydrogens is 570 g/mol. The lowest BCUT2D eigenvalue weighted by atomic mass is 10.3. The second kappa shape index (κ2) is 11.9. The molecule has 9 nitrogen and oxygen atoms in total. The summed E-state index contributed by atoms with van der Waals surface area (Å²) >= 11 is 3.33. The first-order chi connectivity index (χ1) is 17.0. The summed E-state index contributed by atoms with van der Waals surface area (Å²) in [5.41, 5.74) is 0.348. The van der Waals surface area contributed by atoms with Gasteiger partial charge < -0.3 is 10.1 Å². The van der Waals surface area contributed by atoms with Crippen LogP contribution in [0.1, 0.15) is 0 Å². The highest BCUT2D eigenvalue weighted by molar-refractivity contribution is 9.10. The van der Waals surface area contributed by atoms with Gasteiger partial charge in [-0.05, 0) is 60.7 Å². The van der Waals surface area contributed by atoms with Crippen molar-refractivity contribution >= 4 is 47.6 Å². The van der Waals surface area contributed by atoms with Gasteiger partial charge in [0.2, 0.25) is 15.9 Å². The smallest absolute Gasteiger partial charge is 0.264 e.